The molecule has 33 heavy (non-hydrogen) atoms. The maximum absolute atomic E-state index is 6.25. The first-order valence-electron chi connectivity index (χ1n) is 11.3. The number of furan rings is 1. The number of aryl methyl sites for hydroxylation is 1. The summed E-state index contributed by atoms with van der Waals surface area (Å²) in [7, 11) is 0. The molecule has 0 unspecified atom stereocenters. The molecular formula is C31H21NO. The van der Waals surface area contributed by atoms with Gasteiger partial charge in [0.25, 0.3) is 0 Å². The minimum absolute atomic E-state index is 0.920. The largest absolute Gasteiger partial charge is 0.456 e. The molecule has 0 N–H and O–H groups in total. The zero-order valence-electron chi connectivity index (χ0n) is 18.2. The lowest BCUT2D eigenvalue weighted by molar-refractivity contribution is 0.669. The second kappa shape index (κ2) is 6.85. The van der Waals surface area contributed by atoms with Crippen molar-refractivity contribution < 1.29 is 4.42 Å². The van der Waals surface area contributed by atoms with Crippen molar-refractivity contribution in [1.29, 1.82) is 0 Å². The molecule has 0 saturated carbocycles. The summed E-state index contributed by atoms with van der Waals surface area (Å²) in [6.45, 7) is 2.13. The van der Waals surface area contributed by atoms with Crippen LogP contribution in [0.4, 0.5) is 0 Å². The van der Waals surface area contributed by atoms with Gasteiger partial charge in [-0.15, -0.1) is 0 Å². The van der Waals surface area contributed by atoms with Gasteiger partial charge in [0.15, 0.2) is 0 Å². The molecule has 0 fully saturated rings. The maximum Gasteiger partial charge on any atom is 0.137 e. The van der Waals surface area contributed by atoms with E-state index < -0.39 is 0 Å². The van der Waals surface area contributed by atoms with E-state index in [9.17, 15) is 0 Å². The van der Waals surface area contributed by atoms with E-state index >= 15 is 0 Å². The smallest absolute Gasteiger partial charge is 0.137 e. The van der Waals surface area contributed by atoms with E-state index in [1.54, 1.807) is 0 Å². The third kappa shape index (κ3) is 2.74. The molecule has 0 bridgehead atoms. The highest BCUT2D eigenvalue weighted by molar-refractivity contribution is 6.17. The summed E-state index contributed by atoms with van der Waals surface area (Å²) >= 11 is 0. The van der Waals surface area contributed by atoms with Gasteiger partial charge in [-0.3, -0.25) is 0 Å². The average molecular weight is 424 g/mol. The summed E-state index contributed by atoms with van der Waals surface area (Å²) in [5, 5.41) is 4.81. The average Bonchev–Trinajstić information content (AvgIpc) is 3.38. The molecule has 2 heterocycles. The Hall–Kier alpha value is -4.30. The number of rotatable bonds is 2. The van der Waals surface area contributed by atoms with Crippen molar-refractivity contribution in [3.05, 3.63) is 115 Å². The molecule has 2 heteroatoms. The van der Waals surface area contributed by atoms with Crippen LogP contribution in [0.5, 0.6) is 0 Å². The number of para-hydroxylation sites is 1. The Kier molecular flexibility index (Phi) is 3.80. The first kappa shape index (κ1) is 18.3. The van der Waals surface area contributed by atoms with E-state index in [-0.39, 0.29) is 0 Å². The van der Waals surface area contributed by atoms with Crippen LogP contribution < -0.4 is 0 Å². The first-order chi connectivity index (χ1) is 16.3. The van der Waals surface area contributed by atoms with Gasteiger partial charge >= 0.3 is 0 Å². The second-order valence-electron chi connectivity index (χ2n) is 8.73. The number of hydrogen-bond donors (Lipinski definition) is 0. The first-order valence-corrected chi connectivity index (χ1v) is 11.3. The fourth-order valence-corrected chi connectivity index (χ4v) is 5.02. The minimum atomic E-state index is 0.920. The van der Waals surface area contributed by atoms with Crippen LogP contribution >= 0.6 is 0 Å². The van der Waals surface area contributed by atoms with Crippen molar-refractivity contribution in [2.75, 3.05) is 0 Å². The lowest BCUT2D eigenvalue weighted by Crippen LogP contribution is -1.94. The molecule has 5 aromatic carbocycles. The van der Waals surface area contributed by atoms with Gasteiger partial charge in [-0.25, -0.2) is 0 Å². The van der Waals surface area contributed by atoms with E-state index in [0.29, 0.717) is 0 Å². The maximum atomic E-state index is 6.25. The van der Waals surface area contributed by atoms with Crippen LogP contribution in [0.3, 0.4) is 0 Å². The van der Waals surface area contributed by atoms with Crippen molar-refractivity contribution in [3.63, 3.8) is 0 Å². The molecular weight excluding hydrogens is 402 g/mol. The molecule has 0 radical (unpaired) electrons. The molecule has 156 valence electrons. The summed E-state index contributed by atoms with van der Waals surface area (Å²) in [4.78, 5) is 0. The topological polar surface area (TPSA) is 18.1 Å². The Balaban J connectivity index is 1.62. The fraction of sp³-hybridized carbons (Fsp3) is 0.0323. The van der Waals surface area contributed by atoms with Gasteiger partial charge in [0.2, 0.25) is 0 Å². The van der Waals surface area contributed by atoms with Crippen LogP contribution in [-0.4, -0.2) is 4.57 Å². The summed E-state index contributed by atoms with van der Waals surface area (Å²) in [6.07, 6.45) is 0. The third-order valence-corrected chi connectivity index (χ3v) is 6.66. The quantitative estimate of drug-likeness (QED) is 0.272. The van der Waals surface area contributed by atoms with Crippen LogP contribution in [0.2, 0.25) is 0 Å². The lowest BCUT2D eigenvalue weighted by Gasteiger charge is -2.09. The number of nitrogens with zero attached hydrogens (tertiary/aromatic N) is 1. The number of benzene rings is 5. The molecule has 0 aliphatic rings. The van der Waals surface area contributed by atoms with E-state index in [2.05, 4.69) is 109 Å². The highest BCUT2D eigenvalue weighted by Gasteiger charge is 2.17. The van der Waals surface area contributed by atoms with Gasteiger partial charge in [-0.1, -0.05) is 78.4 Å². The van der Waals surface area contributed by atoms with Crippen molar-refractivity contribution in [2.45, 2.75) is 6.92 Å². The van der Waals surface area contributed by atoms with Gasteiger partial charge in [-0.2, -0.15) is 0 Å². The molecule has 0 saturated heterocycles. The predicted molar refractivity (Wildman–Crippen MR) is 138 cm³/mol. The zero-order chi connectivity index (χ0) is 21.9. The molecule has 0 aliphatic heterocycles. The van der Waals surface area contributed by atoms with Crippen molar-refractivity contribution >= 4 is 43.7 Å². The SMILES string of the molecule is Cc1ccc(-n2c3cc(-c4ccccc4)ccc3c3cc4c(cc32)oc2ccccc24)cc1. The molecule has 2 nitrogen and oxygen atoms in total. The molecule has 0 atom stereocenters. The van der Waals surface area contributed by atoms with Crippen LogP contribution in [0.1, 0.15) is 5.56 Å². The van der Waals surface area contributed by atoms with Gasteiger partial charge < -0.3 is 8.98 Å². The van der Waals surface area contributed by atoms with Crippen LogP contribution in [0, 0.1) is 6.92 Å². The standard InChI is InChI=1S/C31H21NO/c1-20-11-14-23(15-12-20)32-28-17-22(21-7-3-2-4-8-21)13-16-24(28)26-18-27-25-9-5-6-10-30(25)33-31(27)19-29(26)32/h2-19H,1H3. The Bertz CT molecular complexity index is 1800. The summed E-state index contributed by atoms with van der Waals surface area (Å²) in [5.74, 6) is 0. The van der Waals surface area contributed by atoms with Crippen LogP contribution in [0.25, 0.3) is 60.6 Å². The van der Waals surface area contributed by atoms with Crippen molar-refractivity contribution in [1.82, 2.24) is 4.57 Å². The Morgan fingerprint density at radius 1 is 0.515 bits per heavy atom. The van der Waals surface area contributed by atoms with Gasteiger partial charge in [0, 0.05) is 33.3 Å². The normalized spacial score (nSPS) is 11.8. The van der Waals surface area contributed by atoms with Crippen molar-refractivity contribution in [3.8, 4) is 16.8 Å². The molecule has 0 spiro atoms. The van der Waals surface area contributed by atoms with Gasteiger partial charge in [0.05, 0.1) is 11.0 Å². The zero-order valence-corrected chi connectivity index (χ0v) is 18.2. The predicted octanol–water partition coefficient (Wildman–Crippen LogP) is 8.66. The Morgan fingerprint density at radius 2 is 1.27 bits per heavy atom. The van der Waals surface area contributed by atoms with E-state index in [4.69, 9.17) is 4.42 Å². The van der Waals surface area contributed by atoms with Crippen LogP contribution in [-0.2, 0) is 0 Å². The third-order valence-electron chi connectivity index (χ3n) is 6.66. The number of aromatic nitrogens is 1. The second-order valence-corrected chi connectivity index (χ2v) is 8.73. The minimum Gasteiger partial charge on any atom is -0.456 e. The Morgan fingerprint density at radius 3 is 2.12 bits per heavy atom. The fourth-order valence-electron chi connectivity index (χ4n) is 5.02. The summed E-state index contributed by atoms with van der Waals surface area (Å²) < 4.78 is 8.61. The van der Waals surface area contributed by atoms with E-state index in [1.165, 1.54) is 33.0 Å². The molecule has 2 aromatic heterocycles. The summed E-state index contributed by atoms with van der Waals surface area (Å²) in [5.41, 5.74) is 9.05. The molecule has 7 aromatic rings. The monoisotopic (exact) mass is 423 g/mol. The van der Waals surface area contributed by atoms with E-state index in [0.717, 1.165) is 33.1 Å². The summed E-state index contributed by atoms with van der Waals surface area (Å²) in [6, 6.07) is 38.9. The van der Waals surface area contributed by atoms with Gasteiger partial charge in [0.1, 0.15) is 11.2 Å². The highest BCUT2D eigenvalue weighted by atomic mass is 16.3. The van der Waals surface area contributed by atoms with Gasteiger partial charge in [-0.05, 0) is 48.4 Å². The molecule has 7 rings (SSSR count). The van der Waals surface area contributed by atoms with Crippen molar-refractivity contribution in [2.24, 2.45) is 0 Å². The number of fused-ring (bicyclic) bond motifs is 6. The number of hydrogen-bond acceptors (Lipinski definition) is 1. The molecule has 0 aliphatic carbocycles. The van der Waals surface area contributed by atoms with E-state index in [1.807, 2.05) is 12.1 Å². The highest BCUT2D eigenvalue weighted by Crippen LogP contribution is 2.39. The lowest BCUT2D eigenvalue weighted by atomic mass is 10.0. The van der Waals surface area contributed by atoms with Crippen LogP contribution in [0.15, 0.2) is 114 Å². The Labute approximate surface area is 191 Å². The molecule has 0 amide bonds.